The fourth-order valence-corrected chi connectivity index (χ4v) is 4.23. The van der Waals surface area contributed by atoms with E-state index in [4.69, 9.17) is 23.2 Å². The van der Waals surface area contributed by atoms with Crippen LogP contribution in [-0.2, 0) is 10.0 Å². The van der Waals surface area contributed by atoms with Gasteiger partial charge in [0.25, 0.3) is 0 Å². The molecule has 1 saturated carbocycles. The van der Waals surface area contributed by atoms with E-state index >= 15 is 0 Å². The van der Waals surface area contributed by atoms with Gasteiger partial charge in [0, 0.05) is 16.1 Å². The van der Waals surface area contributed by atoms with Gasteiger partial charge in [-0.2, -0.15) is 0 Å². The number of benzene rings is 1. The first-order valence-electron chi connectivity index (χ1n) is 6.05. The zero-order valence-corrected chi connectivity index (χ0v) is 12.5. The summed E-state index contributed by atoms with van der Waals surface area (Å²) in [7, 11) is -3.72. The molecule has 1 aromatic carbocycles. The van der Waals surface area contributed by atoms with Crippen LogP contribution in [0.3, 0.4) is 0 Å². The summed E-state index contributed by atoms with van der Waals surface area (Å²) in [4.78, 5) is 0.0165. The molecule has 0 bridgehead atoms. The lowest BCUT2D eigenvalue weighted by molar-refractivity contribution is 0.101. The van der Waals surface area contributed by atoms with Crippen molar-refractivity contribution in [1.82, 2.24) is 4.72 Å². The third-order valence-corrected chi connectivity index (χ3v) is 5.09. The lowest BCUT2D eigenvalue weighted by atomic mass is 9.93. The van der Waals surface area contributed by atoms with Crippen molar-refractivity contribution >= 4 is 33.2 Å². The molecule has 19 heavy (non-hydrogen) atoms. The number of hydrogen-bond acceptors (Lipinski definition) is 3. The average molecular weight is 324 g/mol. The molecule has 0 aromatic heterocycles. The Morgan fingerprint density at radius 1 is 1.11 bits per heavy atom. The van der Waals surface area contributed by atoms with E-state index in [1.54, 1.807) is 0 Å². The van der Waals surface area contributed by atoms with Gasteiger partial charge in [-0.1, -0.05) is 36.0 Å². The van der Waals surface area contributed by atoms with Crippen LogP contribution in [0.2, 0.25) is 10.0 Å². The standard InChI is InChI=1S/C12H15Cl2NO3S/c13-8-5-9(14)7-10(6-8)19(17,18)15-11-3-1-2-4-12(11)16/h5-7,11-12,15-16H,1-4H2/t11-,12-/m1/s1. The van der Waals surface area contributed by atoms with Gasteiger partial charge in [-0.3, -0.25) is 0 Å². The summed E-state index contributed by atoms with van der Waals surface area (Å²) in [6.45, 7) is 0. The number of aliphatic hydroxyl groups is 1. The first kappa shape index (κ1) is 15.1. The fraction of sp³-hybridized carbons (Fsp3) is 0.500. The Morgan fingerprint density at radius 2 is 1.68 bits per heavy atom. The molecule has 2 rings (SSSR count). The van der Waals surface area contributed by atoms with Gasteiger partial charge in [-0.05, 0) is 31.0 Å². The minimum Gasteiger partial charge on any atom is -0.391 e. The lowest BCUT2D eigenvalue weighted by Crippen LogP contribution is -2.44. The van der Waals surface area contributed by atoms with Crippen LogP contribution in [0.1, 0.15) is 25.7 Å². The smallest absolute Gasteiger partial charge is 0.241 e. The zero-order chi connectivity index (χ0) is 14.0. The molecule has 2 atom stereocenters. The molecule has 2 N–H and O–H groups in total. The van der Waals surface area contributed by atoms with Crippen LogP contribution in [0.4, 0.5) is 0 Å². The van der Waals surface area contributed by atoms with Crippen molar-refractivity contribution in [3.8, 4) is 0 Å². The van der Waals surface area contributed by atoms with Gasteiger partial charge >= 0.3 is 0 Å². The van der Waals surface area contributed by atoms with Gasteiger partial charge in [-0.25, -0.2) is 13.1 Å². The highest BCUT2D eigenvalue weighted by Crippen LogP contribution is 2.24. The minimum absolute atomic E-state index is 0.0165. The monoisotopic (exact) mass is 323 g/mol. The largest absolute Gasteiger partial charge is 0.391 e. The highest BCUT2D eigenvalue weighted by atomic mass is 35.5. The van der Waals surface area contributed by atoms with Gasteiger partial charge < -0.3 is 5.11 Å². The highest BCUT2D eigenvalue weighted by molar-refractivity contribution is 7.89. The second-order valence-electron chi connectivity index (χ2n) is 4.68. The maximum absolute atomic E-state index is 12.2. The Morgan fingerprint density at radius 3 is 2.26 bits per heavy atom. The summed E-state index contributed by atoms with van der Waals surface area (Å²) in [6.07, 6.45) is 2.43. The number of aliphatic hydroxyl groups excluding tert-OH is 1. The molecule has 1 aliphatic carbocycles. The number of hydrogen-bond donors (Lipinski definition) is 2. The van der Waals surface area contributed by atoms with E-state index in [-0.39, 0.29) is 14.9 Å². The van der Waals surface area contributed by atoms with E-state index in [9.17, 15) is 13.5 Å². The quantitative estimate of drug-likeness (QED) is 0.898. The van der Waals surface area contributed by atoms with Gasteiger partial charge in [-0.15, -0.1) is 0 Å². The van der Waals surface area contributed by atoms with Gasteiger partial charge in [0.05, 0.1) is 11.0 Å². The summed E-state index contributed by atoms with van der Waals surface area (Å²) in [5, 5.41) is 10.3. The Labute approximate surface area is 122 Å². The van der Waals surface area contributed by atoms with E-state index in [1.807, 2.05) is 0 Å². The molecule has 0 radical (unpaired) electrons. The first-order valence-corrected chi connectivity index (χ1v) is 8.29. The fourth-order valence-electron chi connectivity index (χ4n) is 2.20. The molecule has 106 valence electrons. The predicted molar refractivity (Wildman–Crippen MR) is 75.0 cm³/mol. The highest BCUT2D eigenvalue weighted by Gasteiger charge is 2.28. The van der Waals surface area contributed by atoms with Crippen LogP contribution in [-0.4, -0.2) is 25.7 Å². The molecule has 0 heterocycles. The normalized spacial score (nSPS) is 24.4. The summed E-state index contributed by atoms with van der Waals surface area (Å²) in [5.74, 6) is 0. The van der Waals surface area contributed by atoms with Crippen molar-refractivity contribution in [2.45, 2.75) is 42.7 Å². The number of sulfonamides is 1. The first-order chi connectivity index (χ1) is 8.88. The van der Waals surface area contributed by atoms with Gasteiger partial charge in [0.1, 0.15) is 0 Å². The van der Waals surface area contributed by atoms with Crippen molar-refractivity contribution in [3.05, 3.63) is 28.2 Å². The lowest BCUT2D eigenvalue weighted by Gasteiger charge is -2.28. The number of nitrogens with one attached hydrogen (secondary N) is 1. The Bertz CT molecular complexity index is 542. The van der Waals surface area contributed by atoms with Crippen molar-refractivity contribution in [3.63, 3.8) is 0 Å². The minimum atomic E-state index is -3.72. The Kier molecular flexibility index (Phi) is 4.74. The second kappa shape index (κ2) is 5.97. The summed E-state index contributed by atoms with van der Waals surface area (Å²) in [6, 6.07) is 3.70. The van der Waals surface area contributed by atoms with Crippen LogP contribution in [0.5, 0.6) is 0 Å². The summed E-state index contributed by atoms with van der Waals surface area (Å²) in [5.41, 5.74) is 0. The van der Waals surface area contributed by atoms with Crippen molar-refractivity contribution < 1.29 is 13.5 Å². The van der Waals surface area contributed by atoms with E-state index in [0.717, 1.165) is 12.8 Å². The Hall–Kier alpha value is -0.330. The third-order valence-electron chi connectivity index (χ3n) is 3.18. The molecule has 1 aromatic rings. The molecule has 7 heteroatoms. The third kappa shape index (κ3) is 3.83. The molecule has 0 spiro atoms. The Balaban J connectivity index is 2.22. The van der Waals surface area contributed by atoms with Gasteiger partial charge in [0.2, 0.25) is 10.0 Å². The maximum atomic E-state index is 12.2. The molecule has 1 aliphatic rings. The van der Waals surface area contributed by atoms with E-state index in [1.165, 1.54) is 18.2 Å². The van der Waals surface area contributed by atoms with Crippen molar-refractivity contribution in [2.24, 2.45) is 0 Å². The SMILES string of the molecule is O=S(=O)(N[C@@H]1CCCC[C@H]1O)c1cc(Cl)cc(Cl)c1. The van der Waals surface area contributed by atoms with Crippen LogP contribution >= 0.6 is 23.2 Å². The molecular formula is C12H15Cl2NO3S. The zero-order valence-electron chi connectivity index (χ0n) is 10.1. The van der Waals surface area contributed by atoms with Crippen LogP contribution in [0.25, 0.3) is 0 Å². The van der Waals surface area contributed by atoms with Crippen LogP contribution < -0.4 is 4.72 Å². The van der Waals surface area contributed by atoms with Crippen molar-refractivity contribution in [1.29, 1.82) is 0 Å². The molecule has 0 amide bonds. The van der Waals surface area contributed by atoms with Crippen molar-refractivity contribution in [2.75, 3.05) is 0 Å². The number of rotatable bonds is 3. The second-order valence-corrected chi connectivity index (χ2v) is 7.27. The molecule has 0 saturated heterocycles. The van der Waals surface area contributed by atoms with E-state index in [2.05, 4.69) is 4.72 Å². The molecule has 4 nitrogen and oxygen atoms in total. The van der Waals surface area contributed by atoms with E-state index in [0.29, 0.717) is 12.8 Å². The topological polar surface area (TPSA) is 66.4 Å². The molecule has 1 fully saturated rings. The molecule has 0 aliphatic heterocycles. The molecular weight excluding hydrogens is 309 g/mol. The maximum Gasteiger partial charge on any atom is 0.241 e. The van der Waals surface area contributed by atoms with Gasteiger partial charge in [0.15, 0.2) is 0 Å². The van der Waals surface area contributed by atoms with Crippen LogP contribution in [0.15, 0.2) is 23.1 Å². The number of halogens is 2. The summed E-state index contributed by atoms with van der Waals surface area (Å²) < 4.78 is 26.9. The van der Waals surface area contributed by atoms with Crippen LogP contribution in [0, 0.1) is 0 Å². The molecule has 0 unspecified atom stereocenters. The van der Waals surface area contributed by atoms with E-state index < -0.39 is 22.2 Å². The predicted octanol–water partition coefficient (Wildman–Crippen LogP) is 2.58. The summed E-state index contributed by atoms with van der Waals surface area (Å²) >= 11 is 11.6. The average Bonchev–Trinajstić information content (AvgIpc) is 2.31.